The normalized spacial score (nSPS) is 11.4. The van der Waals surface area contributed by atoms with Crippen LogP contribution in [0.1, 0.15) is 5.56 Å². The molecule has 0 spiro atoms. The van der Waals surface area contributed by atoms with Crippen LogP contribution in [0, 0.1) is 6.92 Å². The van der Waals surface area contributed by atoms with Gasteiger partial charge in [-0.3, -0.25) is 9.55 Å². The topological polar surface area (TPSA) is 46.5 Å². The molecule has 0 amide bonds. The van der Waals surface area contributed by atoms with Crippen molar-refractivity contribution >= 4 is 21.8 Å². The summed E-state index contributed by atoms with van der Waals surface area (Å²) in [7, 11) is 0. The fourth-order valence-electron chi connectivity index (χ4n) is 2.50. The SMILES string of the molecule is Cc1cn(-c2cc3cc[nH]c3cn2)c2cnccc12. The van der Waals surface area contributed by atoms with E-state index in [9.17, 15) is 0 Å². The molecule has 0 saturated carbocycles. The van der Waals surface area contributed by atoms with Gasteiger partial charge >= 0.3 is 0 Å². The molecule has 4 aromatic heterocycles. The van der Waals surface area contributed by atoms with E-state index in [1.54, 1.807) is 0 Å². The number of nitrogens with one attached hydrogen (secondary N) is 1. The van der Waals surface area contributed by atoms with Crippen LogP contribution in [0.25, 0.3) is 27.6 Å². The zero-order chi connectivity index (χ0) is 12.8. The Morgan fingerprint density at radius 1 is 1.21 bits per heavy atom. The van der Waals surface area contributed by atoms with E-state index >= 15 is 0 Å². The molecular formula is C15H12N4. The lowest BCUT2D eigenvalue weighted by Crippen LogP contribution is -1.95. The van der Waals surface area contributed by atoms with E-state index in [0.717, 1.165) is 22.2 Å². The van der Waals surface area contributed by atoms with Gasteiger partial charge in [0.1, 0.15) is 5.82 Å². The minimum absolute atomic E-state index is 0.915. The van der Waals surface area contributed by atoms with Crippen molar-refractivity contribution in [3.8, 4) is 5.82 Å². The molecule has 19 heavy (non-hydrogen) atoms. The van der Waals surface area contributed by atoms with E-state index in [4.69, 9.17) is 0 Å². The lowest BCUT2D eigenvalue weighted by molar-refractivity contribution is 1.04. The van der Waals surface area contributed by atoms with Crippen LogP contribution < -0.4 is 0 Å². The number of aromatic amines is 1. The molecule has 4 heterocycles. The van der Waals surface area contributed by atoms with Crippen LogP contribution in [0.3, 0.4) is 0 Å². The van der Waals surface area contributed by atoms with E-state index in [-0.39, 0.29) is 0 Å². The van der Waals surface area contributed by atoms with Crippen LogP contribution >= 0.6 is 0 Å². The number of pyridine rings is 2. The molecule has 4 rings (SSSR count). The van der Waals surface area contributed by atoms with Gasteiger partial charge in [0, 0.05) is 29.4 Å². The maximum atomic E-state index is 4.52. The van der Waals surface area contributed by atoms with Crippen molar-refractivity contribution in [1.82, 2.24) is 19.5 Å². The van der Waals surface area contributed by atoms with E-state index in [1.807, 2.05) is 30.9 Å². The van der Waals surface area contributed by atoms with Crippen LogP contribution in [-0.2, 0) is 0 Å². The minimum Gasteiger partial charge on any atom is -0.360 e. The molecule has 0 atom stereocenters. The van der Waals surface area contributed by atoms with Crippen molar-refractivity contribution in [2.75, 3.05) is 0 Å². The fourth-order valence-corrected chi connectivity index (χ4v) is 2.50. The number of rotatable bonds is 1. The highest BCUT2D eigenvalue weighted by molar-refractivity contribution is 5.85. The van der Waals surface area contributed by atoms with Crippen molar-refractivity contribution in [2.45, 2.75) is 6.92 Å². The van der Waals surface area contributed by atoms with Crippen LogP contribution in [0.15, 0.2) is 49.2 Å². The summed E-state index contributed by atoms with van der Waals surface area (Å²) in [6.45, 7) is 2.10. The highest BCUT2D eigenvalue weighted by Gasteiger charge is 2.08. The molecule has 0 aromatic carbocycles. The van der Waals surface area contributed by atoms with Crippen molar-refractivity contribution in [1.29, 1.82) is 0 Å². The number of hydrogen-bond donors (Lipinski definition) is 1. The second kappa shape index (κ2) is 3.68. The molecule has 4 heteroatoms. The Morgan fingerprint density at radius 2 is 2.16 bits per heavy atom. The molecule has 4 nitrogen and oxygen atoms in total. The third kappa shape index (κ3) is 1.46. The third-order valence-corrected chi connectivity index (χ3v) is 3.48. The fraction of sp³-hybridized carbons (Fsp3) is 0.0667. The zero-order valence-electron chi connectivity index (χ0n) is 10.5. The first-order valence-electron chi connectivity index (χ1n) is 6.18. The first-order valence-corrected chi connectivity index (χ1v) is 6.18. The van der Waals surface area contributed by atoms with Crippen molar-refractivity contribution < 1.29 is 0 Å². The third-order valence-electron chi connectivity index (χ3n) is 3.48. The maximum absolute atomic E-state index is 4.52. The molecule has 0 radical (unpaired) electrons. The van der Waals surface area contributed by atoms with E-state index in [1.165, 1.54) is 10.9 Å². The standard InChI is InChI=1S/C15H12N4/c1-10-9-19(14-8-16-4-3-12(10)14)15-6-11-2-5-17-13(11)7-18-15/h2-9,17H,1H3. The summed E-state index contributed by atoms with van der Waals surface area (Å²) in [6, 6.07) is 6.17. The van der Waals surface area contributed by atoms with Gasteiger partial charge in [0.25, 0.3) is 0 Å². The first-order chi connectivity index (χ1) is 9.33. The highest BCUT2D eigenvalue weighted by Crippen LogP contribution is 2.23. The largest absolute Gasteiger partial charge is 0.360 e. The molecule has 0 aliphatic rings. The lowest BCUT2D eigenvalue weighted by atomic mass is 10.2. The molecule has 0 unspecified atom stereocenters. The number of aryl methyl sites for hydroxylation is 1. The molecule has 1 N–H and O–H groups in total. The van der Waals surface area contributed by atoms with Gasteiger partial charge in [0.05, 0.1) is 23.4 Å². The van der Waals surface area contributed by atoms with Crippen LogP contribution in [0.2, 0.25) is 0 Å². The summed E-state index contributed by atoms with van der Waals surface area (Å²) in [5, 5.41) is 2.37. The Morgan fingerprint density at radius 3 is 3.11 bits per heavy atom. The number of hydrogen-bond acceptors (Lipinski definition) is 2. The van der Waals surface area contributed by atoms with Crippen molar-refractivity contribution in [3.63, 3.8) is 0 Å². The van der Waals surface area contributed by atoms with E-state index in [0.29, 0.717) is 0 Å². The summed E-state index contributed by atoms with van der Waals surface area (Å²) < 4.78 is 2.09. The Bertz CT molecular complexity index is 885. The quantitative estimate of drug-likeness (QED) is 0.562. The molecule has 0 aliphatic carbocycles. The van der Waals surface area contributed by atoms with Gasteiger partial charge in [0.2, 0.25) is 0 Å². The summed E-state index contributed by atoms with van der Waals surface area (Å²) in [5.41, 5.74) is 3.37. The van der Waals surface area contributed by atoms with Gasteiger partial charge in [-0.1, -0.05) is 0 Å². The van der Waals surface area contributed by atoms with Crippen LogP contribution in [-0.4, -0.2) is 19.5 Å². The molecule has 0 bridgehead atoms. The molecule has 0 aliphatic heterocycles. The average molecular weight is 248 g/mol. The monoisotopic (exact) mass is 248 g/mol. The molecule has 0 fully saturated rings. The summed E-state index contributed by atoms with van der Waals surface area (Å²) in [6.07, 6.45) is 9.60. The molecule has 0 saturated heterocycles. The summed E-state index contributed by atoms with van der Waals surface area (Å²) in [4.78, 5) is 11.9. The Hall–Kier alpha value is -2.62. The molecule has 92 valence electrons. The predicted molar refractivity (Wildman–Crippen MR) is 75.5 cm³/mol. The Labute approximate surface area is 109 Å². The molecule has 4 aromatic rings. The van der Waals surface area contributed by atoms with Gasteiger partial charge in [-0.2, -0.15) is 0 Å². The summed E-state index contributed by atoms with van der Waals surface area (Å²) >= 11 is 0. The second-order valence-electron chi connectivity index (χ2n) is 4.68. The number of fused-ring (bicyclic) bond motifs is 2. The Kier molecular flexibility index (Phi) is 2.00. The molecular weight excluding hydrogens is 236 g/mol. The predicted octanol–water partition coefficient (Wildman–Crippen LogP) is 3.21. The van der Waals surface area contributed by atoms with E-state index < -0.39 is 0 Å². The van der Waals surface area contributed by atoms with Gasteiger partial charge in [-0.15, -0.1) is 0 Å². The number of nitrogens with zero attached hydrogens (tertiary/aromatic N) is 3. The zero-order valence-corrected chi connectivity index (χ0v) is 10.5. The van der Waals surface area contributed by atoms with E-state index in [2.05, 4.69) is 44.8 Å². The van der Waals surface area contributed by atoms with Gasteiger partial charge in [0.15, 0.2) is 0 Å². The lowest BCUT2D eigenvalue weighted by Gasteiger charge is -2.03. The maximum Gasteiger partial charge on any atom is 0.137 e. The Balaban J connectivity index is 2.03. The van der Waals surface area contributed by atoms with Crippen molar-refractivity contribution in [3.05, 3.63) is 54.7 Å². The van der Waals surface area contributed by atoms with Crippen LogP contribution in [0.5, 0.6) is 0 Å². The number of aromatic nitrogens is 4. The van der Waals surface area contributed by atoms with Crippen LogP contribution in [0.4, 0.5) is 0 Å². The first kappa shape index (κ1) is 10.3. The minimum atomic E-state index is 0.915. The van der Waals surface area contributed by atoms with Gasteiger partial charge in [-0.05, 0) is 30.7 Å². The van der Waals surface area contributed by atoms with Crippen molar-refractivity contribution in [2.24, 2.45) is 0 Å². The summed E-state index contributed by atoms with van der Waals surface area (Å²) in [5.74, 6) is 0.915. The number of H-pyrrole nitrogens is 1. The average Bonchev–Trinajstić information content (AvgIpc) is 3.03. The van der Waals surface area contributed by atoms with Gasteiger partial charge < -0.3 is 4.98 Å². The smallest absolute Gasteiger partial charge is 0.137 e. The highest BCUT2D eigenvalue weighted by atomic mass is 15.1. The van der Waals surface area contributed by atoms with Gasteiger partial charge in [-0.25, -0.2) is 4.98 Å². The second-order valence-corrected chi connectivity index (χ2v) is 4.68.